The first-order chi connectivity index (χ1) is 10.4. The molecule has 1 N–H and O–H groups in total. The van der Waals surface area contributed by atoms with Gasteiger partial charge in [0.2, 0.25) is 10.0 Å². The first kappa shape index (κ1) is 13.9. The molecule has 2 aromatic rings. The first-order valence-electron chi connectivity index (χ1n) is 7.19. The van der Waals surface area contributed by atoms with E-state index < -0.39 is 15.6 Å². The number of sulfonamides is 1. The van der Waals surface area contributed by atoms with Gasteiger partial charge in [-0.25, -0.2) is 13.4 Å². The van der Waals surface area contributed by atoms with Gasteiger partial charge in [0.1, 0.15) is 5.60 Å². The molecule has 2 aliphatic rings. The molecule has 1 saturated heterocycles. The Kier molecular flexibility index (Phi) is 2.79. The number of benzene rings is 1. The number of rotatable bonds is 2. The molecule has 1 unspecified atom stereocenters. The fourth-order valence-electron chi connectivity index (χ4n) is 3.67. The number of aromatic nitrogens is 2. The Balaban J connectivity index is 1.81. The maximum absolute atomic E-state index is 11.8. The van der Waals surface area contributed by atoms with Crippen molar-refractivity contribution in [1.82, 2.24) is 13.9 Å². The Bertz CT molecular complexity index is 845. The van der Waals surface area contributed by atoms with Crippen LogP contribution in [-0.2, 0) is 10.0 Å². The zero-order valence-corrected chi connectivity index (χ0v) is 13.0. The van der Waals surface area contributed by atoms with Gasteiger partial charge in [0.25, 0.3) is 0 Å². The average molecular weight is 319 g/mol. The van der Waals surface area contributed by atoms with Crippen molar-refractivity contribution >= 4 is 10.0 Å². The van der Waals surface area contributed by atoms with Crippen LogP contribution in [-0.4, -0.2) is 52.3 Å². The smallest absolute Gasteiger partial charge is 0.211 e. The monoisotopic (exact) mass is 319 g/mol. The minimum Gasteiger partial charge on any atom is -0.386 e. The molecule has 22 heavy (non-hydrogen) atoms. The molecule has 1 fully saturated rings. The lowest BCUT2D eigenvalue weighted by Crippen LogP contribution is -2.42. The van der Waals surface area contributed by atoms with Crippen LogP contribution >= 0.6 is 0 Å². The number of hydrogen-bond donors (Lipinski definition) is 1. The van der Waals surface area contributed by atoms with Crippen LogP contribution in [0.15, 0.2) is 36.8 Å². The summed E-state index contributed by atoms with van der Waals surface area (Å²) in [6.45, 7) is 0.459. The number of aliphatic hydroxyl groups is 1. The molecule has 0 bridgehead atoms. The van der Waals surface area contributed by atoms with Gasteiger partial charge in [0.05, 0.1) is 30.5 Å². The molecule has 2 aliphatic heterocycles. The van der Waals surface area contributed by atoms with Crippen LogP contribution < -0.4 is 0 Å². The minimum atomic E-state index is -3.30. The predicted octanol–water partition coefficient (Wildman–Crippen LogP) is 0.849. The molecule has 0 saturated carbocycles. The Morgan fingerprint density at radius 3 is 2.86 bits per heavy atom. The molecule has 3 heterocycles. The molecule has 4 rings (SSSR count). The van der Waals surface area contributed by atoms with E-state index in [4.69, 9.17) is 0 Å². The van der Waals surface area contributed by atoms with Gasteiger partial charge >= 0.3 is 0 Å². The summed E-state index contributed by atoms with van der Waals surface area (Å²) in [5, 5.41) is 11.2. The molecule has 0 amide bonds. The molecular weight excluding hydrogens is 302 g/mol. The van der Waals surface area contributed by atoms with Crippen LogP contribution in [0.4, 0.5) is 0 Å². The summed E-state index contributed by atoms with van der Waals surface area (Å²) in [6, 6.07) is 7.61. The topological polar surface area (TPSA) is 75.4 Å². The van der Waals surface area contributed by atoms with Gasteiger partial charge in [0, 0.05) is 18.7 Å². The number of nitrogens with zero attached hydrogens (tertiary/aromatic N) is 3. The normalized spacial score (nSPS) is 27.8. The van der Waals surface area contributed by atoms with Crippen molar-refractivity contribution in [1.29, 1.82) is 0 Å². The van der Waals surface area contributed by atoms with Crippen LogP contribution in [0.3, 0.4) is 0 Å². The standard InChI is InChI=1S/C15H17N3O3S/c1-22(20,21)17-7-6-15(19,9-17)14-12-5-3-2-4-11(12)13-8-16-10-18(13)14/h2-5,8,10,14,19H,6-7,9H2,1H3/t14-,15?/m1/s1. The molecule has 0 aliphatic carbocycles. The third kappa shape index (κ3) is 1.86. The van der Waals surface area contributed by atoms with Gasteiger partial charge in [-0.2, -0.15) is 4.31 Å². The number of fused-ring (bicyclic) bond motifs is 3. The summed E-state index contributed by atoms with van der Waals surface area (Å²) in [6.07, 6.45) is 5.09. The van der Waals surface area contributed by atoms with E-state index >= 15 is 0 Å². The Morgan fingerprint density at radius 1 is 1.36 bits per heavy atom. The van der Waals surface area contributed by atoms with Crippen LogP contribution in [0.1, 0.15) is 18.0 Å². The summed E-state index contributed by atoms with van der Waals surface area (Å²) in [5.74, 6) is 0. The summed E-state index contributed by atoms with van der Waals surface area (Å²) in [4.78, 5) is 4.18. The third-order valence-electron chi connectivity index (χ3n) is 4.70. The predicted molar refractivity (Wildman–Crippen MR) is 81.8 cm³/mol. The molecule has 1 aromatic heterocycles. The Hall–Kier alpha value is -1.70. The zero-order valence-electron chi connectivity index (χ0n) is 12.2. The van der Waals surface area contributed by atoms with Crippen molar-refractivity contribution in [2.75, 3.05) is 19.3 Å². The highest BCUT2D eigenvalue weighted by atomic mass is 32.2. The van der Waals surface area contributed by atoms with Gasteiger partial charge in [0.15, 0.2) is 0 Å². The van der Waals surface area contributed by atoms with Crippen molar-refractivity contribution in [3.05, 3.63) is 42.4 Å². The van der Waals surface area contributed by atoms with E-state index in [1.165, 1.54) is 10.6 Å². The maximum atomic E-state index is 11.8. The molecule has 0 spiro atoms. The Labute approximate surface area is 129 Å². The SMILES string of the molecule is CS(=O)(=O)N1CCC(O)([C@H]2c3ccccc3-c3cncn32)C1. The Morgan fingerprint density at radius 2 is 2.14 bits per heavy atom. The highest BCUT2D eigenvalue weighted by molar-refractivity contribution is 7.88. The van der Waals surface area contributed by atoms with E-state index in [1.807, 2.05) is 28.8 Å². The zero-order chi connectivity index (χ0) is 15.5. The second kappa shape index (κ2) is 4.41. The van der Waals surface area contributed by atoms with E-state index in [-0.39, 0.29) is 12.6 Å². The van der Waals surface area contributed by atoms with E-state index in [2.05, 4.69) is 4.98 Å². The third-order valence-corrected chi connectivity index (χ3v) is 5.95. The first-order valence-corrected chi connectivity index (χ1v) is 9.04. The number of hydrogen-bond acceptors (Lipinski definition) is 4. The average Bonchev–Trinajstić information content (AvgIpc) is 3.11. The molecular formula is C15H17N3O3S. The lowest BCUT2D eigenvalue weighted by atomic mass is 9.87. The highest BCUT2D eigenvalue weighted by Crippen LogP contribution is 2.47. The van der Waals surface area contributed by atoms with Crippen LogP contribution in [0.2, 0.25) is 0 Å². The van der Waals surface area contributed by atoms with E-state index in [0.29, 0.717) is 13.0 Å². The van der Waals surface area contributed by atoms with E-state index in [0.717, 1.165) is 16.8 Å². The van der Waals surface area contributed by atoms with Gasteiger partial charge in [-0.05, 0) is 12.0 Å². The molecule has 116 valence electrons. The van der Waals surface area contributed by atoms with Crippen molar-refractivity contribution in [2.24, 2.45) is 0 Å². The summed E-state index contributed by atoms with van der Waals surface area (Å²) in [7, 11) is -3.30. The fourth-order valence-corrected chi connectivity index (χ4v) is 4.55. The van der Waals surface area contributed by atoms with Crippen molar-refractivity contribution in [2.45, 2.75) is 18.1 Å². The maximum Gasteiger partial charge on any atom is 0.211 e. The van der Waals surface area contributed by atoms with Crippen molar-refractivity contribution in [3.63, 3.8) is 0 Å². The van der Waals surface area contributed by atoms with Gasteiger partial charge in [-0.3, -0.25) is 0 Å². The summed E-state index contributed by atoms with van der Waals surface area (Å²) < 4.78 is 26.9. The van der Waals surface area contributed by atoms with Crippen LogP contribution in [0.5, 0.6) is 0 Å². The summed E-state index contributed by atoms with van der Waals surface area (Å²) >= 11 is 0. The number of β-amino-alcohol motifs (C(OH)–C–C–N with tert-alkyl or cyclic N) is 1. The van der Waals surface area contributed by atoms with Crippen molar-refractivity contribution < 1.29 is 13.5 Å². The second-order valence-electron chi connectivity index (χ2n) is 6.13. The van der Waals surface area contributed by atoms with Gasteiger partial charge < -0.3 is 9.67 Å². The quantitative estimate of drug-likeness (QED) is 0.890. The number of imidazole rings is 1. The minimum absolute atomic E-state index is 0.114. The van der Waals surface area contributed by atoms with Gasteiger partial charge in [-0.1, -0.05) is 24.3 Å². The second-order valence-corrected chi connectivity index (χ2v) is 8.11. The molecule has 7 heteroatoms. The van der Waals surface area contributed by atoms with Crippen LogP contribution in [0, 0.1) is 0 Å². The molecule has 2 atom stereocenters. The lowest BCUT2D eigenvalue weighted by molar-refractivity contribution is 0.0193. The molecule has 6 nitrogen and oxygen atoms in total. The van der Waals surface area contributed by atoms with E-state index in [9.17, 15) is 13.5 Å². The molecule has 1 aromatic carbocycles. The van der Waals surface area contributed by atoms with Crippen molar-refractivity contribution in [3.8, 4) is 11.3 Å². The lowest BCUT2D eigenvalue weighted by Gasteiger charge is -2.31. The van der Waals surface area contributed by atoms with E-state index in [1.54, 1.807) is 12.5 Å². The summed E-state index contributed by atoms with van der Waals surface area (Å²) in [5.41, 5.74) is 1.92. The highest BCUT2D eigenvalue weighted by Gasteiger charge is 2.49. The van der Waals surface area contributed by atoms with Gasteiger partial charge in [-0.15, -0.1) is 0 Å². The van der Waals surface area contributed by atoms with Crippen LogP contribution in [0.25, 0.3) is 11.3 Å². The molecule has 0 radical (unpaired) electrons. The fraction of sp³-hybridized carbons (Fsp3) is 0.400. The largest absolute Gasteiger partial charge is 0.386 e.